The number of aliphatic hydroxyl groups is 1. The second-order valence-corrected chi connectivity index (χ2v) is 5.76. The number of aromatic nitrogens is 1. The summed E-state index contributed by atoms with van der Waals surface area (Å²) in [6.07, 6.45) is 8.09. The van der Waals surface area contributed by atoms with E-state index in [1.165, 1.54) is 24.6 Å². The van der Waals surface area contributed by atoms with Crippen molar-refractivity contribution in [1.82, 2.24) is 4.98 Å². The summed E-state index contributed by atoms with van der Waals surface area (Å²) >= 11 is 0. The second-order valence-electron chi connectivity index (χ2n) is 5.76. The molecular formula is C16H21NO. The molecule has 0 saturated heterocycles. The van der Waals surface area contributed by atoms with Gasteiger partial charge in [-0.3, -0.25) is 0 Å². The fourth-order valence-corrected chi connectivity index (χ4v) is 3.27. The Bertz CT molecular complexity index is 535. The number of aromatic amines is 1. The SMILES string of the molecule is CC(O)(c1ccc2[nH]ccc2c1)C1CCCCC1. The van der Waals surface area contributed by atoms with Crippen molar-refractivity contribution in [2.75, 3.05) is 0 Å². The Morgan fingerprint density at radius 3 is 2.72 bits per heavy atom. The van der Waals surface area contributed by atoms with Crippen molar-refractivity contribution >= 4 is 10.9 Å². The second kappa shape index (κ2) is 4.43. The van der Waals surface area contributed by atoms with Gasteiger partial charge in [0.1, 0.15) is 0 Å². The van der Waals surface area contributed by atoms with Crippen LogP contribution in [0.4, 0.5) is 0 Å². The molecule has 0 amide bonds. The Kier molecular flexibility index (Phi) is 2.90. The smallest absolute Gasteiger partial charge is 0.0896 e. The van der Waals surface area contributed by atoms with E-state index >= 15 is 0 Å². The van der Waals surface area contributed by atoms with Crippen molar-refractivity contribution in [2.24, 2.45) is 5.92 Å². The van der Waals surface area contributed by atoms with Gasteiger partial charge in [0.05, 0.1) is 5.60 Å². The monoisotopic (exact) mass is 243 g/mol. The van der Waals surface area contributed by atoms with E-state index < -0.39 is 5.60 Å². The molecule has 2 N–H and O–H groups in total. The van der Waals surface area contributed by atoms with Crippen LogP contribution >= 0.6 is 0 Å². The van der Waals surface area contributed by atoms with Crippen LogP contribution in [0.2, 0.25) is 0 Å². The van der Waals surface area contributed by atoms with E-state index in [0.717, 1.165) is 23.9 Å². The number of hydrogen-bond acceptors (Lipinski definition) is 1. The summed E-state index contributed by atoms with van der Waals surface area (Å²) in [6.45, 7) is 1.98. The molecular weight excluding hydrogens is 222 g/mol. The van der Waals surface area contributed by atoms with Crippen LogP contribution in [0.25, 0.3) is 10.9 Å². The van der Waals surface area contributed by atoms with E-state index in [1.54, 1.807) is 0 Å². The topological polar surface area (TPSA) is 36.0 Å². The third-order valence-corrected chi connectivity index (χ3v) is 4.54. The van der Waals surface area contributed by atoms with Crippen LogP contribution < -0.4 is 0 Å². The molecule has 1 aromatic carbocycles. The van der Waals surface area contributed by atoms with Crippen LogP contribution in [-0.4, -0.2) is 10.1 Å². The average Bonchev–Trinajstić information content (AvgIpc) is 2.87. The van der Waals surface area contributed by atoms with Crippen LogP contribution in [0.1, 0.15) is 44.6 Å². The normalized spacial score (nSPS) is 21.0. The summed E-state index contributed by atoms with van der Waals surface area (Å²) in [4.78, 5) is 3.20. The van der Waals surface area contributed by atoms with Crippen molar-refractivity contribution in [3.05, 3.63) is 36.0 Å². The minimum atomic E-state index is -0.689. The highest BCUT2D eigenvalue weighted by molar-refractivity contribution is 5.80. The molecule has 96 valence electrons. The van der Waals surface area contributed by atoms with Gasteiger partial charge in [-0.15, -0.1) is 0 Å². The lowest BCUT2D eigenvalue weighted by Gasteiger charge is -2.36. The third-order valence-electron chi connectivity index (χ3n) is 4.54. The molecule has 0 aliphatic heterocycles. The van der Waals surface area contributed by atoms with Gasteiger partial charge in [-0.25, -0.2) is 0 Å². The maximum absolute atomic E-state index is 10.9. The lowest BCUT2D eigenvalue weighted by Crippen LogP contribution is -2.33. The third kappa shape index (κ3) is 1.95. The number of fused-ring (bicyclic) bond motifs is 1. The molecule has 1 aromatic heterocycles. The van der Waals surface area contributed by atoms with Crippen molar-refractivity contribution in [1.29, 1.82) is 0 Å². The summed E-state index contributed by atoms with van der Waals surface area (Å²) in [6, 6.07) is 8.33. The fraction of sp³-hybridized carbons (Fsp3) is 0.500. The molecule has 0 radical (unpaired) electrons. The molecule has 1 saturated carbocycles. The Hall–Kier alpha value is -1.28. The highest BCUT2D eigenvalue weighted by Gasteiger charge is 2.34. The van der Waals surface area contributed by atoms with Gasteiger partial charge in [-0.05, 0) is 54.8 Å². The summed E-state index contributed by atoms with van der Waals surface area (Å²) in [7, 11) is 0. The average molecular weight is 243 g/mol. The fourth-order valence-electron chi connectivity index (χ4n) is 3.27. The lowest BCUT2D eigenvalue weighted by molar-refractivity contribution is -0.0214. The number of benzene rings is 1. The van der Waals surface area contributed by atoms with Gasteiger partial charge in [0.15, 0.2) is 0 Å². The van der Waals surface area contributed by atoms with Gasteiger partial charge in [0.2, 0.25) is 0 Å². The minimum absolute atomic E-state index is 0.405. The van der Waals surface area contributed by atoms with Crippen LogP contribution in [0.5, 0.6) is 0 Å². The van der Waals surface area contributed by atoms with Crippen LogP contribution in [-0.2, 0) is 5.60 Å². The molecule has 3 rings (SSSR count). The van der Waals surface area contributed by atoms with Crippen molar-refractivity contribution in [3.63, 3.8) is 0 Å². The lowest BCUT2D eigenvalue weighted by atomic mass is 9.74. The van der Waals surface area contributed by atoms with E-state index in [-0.39, 0.29) is 0 Å². The summed E-state index contributed by atoms with van der Waals surface area (Å²) < 4.78 is 0. The standard InChI is InChI=1S/C16H21NO/c1-16(18,13-5-3-2-4-6-13)14-7-8-15-12(11-14)9-10-17-15/h7-11,13,17-18H,2-6H2,1H3. The molecule has 18 heavy (non-hydrogen) atoms. The number of hydrogen-bond donors (Lipinski definition) is 2. The molecule has 1 aliphatic carbocycles. The minimum Gasteiger partial charge on any atom is -0.385 e. The number of nitrogens with one attached hydrogen (secondary N) is 1. The summed E-state index contributed by atoms with van der Waals surface area (Å²) in [5, 5.41) is 12.1. The van der Waals surface area contributed by atoms with Crippen LogP contribution in [0.3, 0.4) is 0 Å². The van der Waals surface area contributed by atoms with Crippen LogP contribution in [0.15, 0.2) is 30.5 Å². The first-order valence-corrected chi connectivity index (χ1v) is 6.98. The highest BCUT2D eigenvalue weighted by Crippen LogP contribution is 2.39. The molecule has 0 spiro atoms. The Morgan fingerprint density at radius 1 is 1.17 bits per heavy atom. The van der Waals surface area contributed by atoms with Gasteiger partial charge in [-0.2, -0.15) is 0 Å². The Morgan fingerprint density at radius 2 is 1.94 bits per heavy atom. The maximum Gasteiger partial charge on any atom is 0.0896 e. The van der Waals surface area contributed by atoms with Gasteiger partial charge in [0, 0.05) is 11.7 Å². The largest absolute Gasteiger partial charge is 0.385 e. The first-order valence-electron chi connectivity index (χ1n) is 6.98. The van der Waals surface area contributed by atoms with E-state index in [4.69, 9.17) is 0 Å². The number of rotatable bonds is 2. The molecule has 1 heterocycles. The Balaban J connectivity index is 1.95. The zero-order chi connectivity index (χ0) is 12.6. The van der Waals surface area contributed by atoms with Crippen molar-refractivity contribution in [3.8, 4) is 0 Å². The van der Waals surface area contributed by atoms with Gasteiger partial charge >= 0.3 is 0 Å². The van der Waals surface area contributed by atoms with Gasteiger partial charge in [-0.1, -0.05) is 25.3 Å². The van der Waals surface area contributed by atoms with E-state index in [9.17, 15) is 5.11 Å². The van der Waals surface area contributed by atoms with Crippen molar-refractivity contribution in [2.45, 2.75) is 44.6 Å². The van der Waals surface area contributed by atoms with E-state index in [0.29, 0.717) is 5.92 Å². The summed E-state index contributed by atoms with van der Waals surface area (Å²) in [5.41, 5.74) is 1.51. The molecule has 2 heteroatoms. The first kappa shape index (κ1) is 11.8. The zero-order valence-electron chi connectivity index (χ0n) is 10.9. The maximum atomic E-state index is 10.9. The molecule has 2 nitrogen and oxygen atoms in total. The molecule has 1 fully saturated rings. The van der Waals surface area contributed by atoms with Crippen molar-refractivity contribution < 1.29 is 5.11 Å². The Labute approximate surface area is 108 Å². The molecule has 2 aromatic rings. The summed E-state index contributed by atoms with van der Waals surface area (Å²) in [5.74, 6) is 0.405. The predicted octanol–water partition coefficient (Wildman–Crippen LogP) is 3.96. The van der Waals surface area contributed by atoms with Gasteiger partial charge in [0.25, 0.3) is 0 Å². The quantitative estimate of drug-likeness (QED) is 0.823. The van der Waals surface area contributed by atoms with Crippen LogP contribution in [0, 0.1) is 5.92 Å². The molecule has 1 aliphatic rings. The zero-order valence-corrected chi connectivity index (χ0v) is 10.9. The van der Waals surface area contributed by atoms with Gasteiger partial charge < -0.3 is 10.1 Å². The number of H-pyrrole nitrogens is 1. The first-order chi connectivity index (χ1) is 8.68. The van der Waals surface area contributed by atoms with E-state index in [1.807, 2.05) is 13.1 Å². The molecule has 1 unspecified atom stereocenters. The van der Waals surface area contributed by atoms with E-state index in [2.05, 4.69) is 29.2 Å². The predicted molar refractivity (Wildman–Crippen MR) is 74.4 cm³/mol. The molecule has 1 atom stereocenters. The molecule has 0 bridgehead atoms. The highest BCUT2D eigenvalue weighted by atomic mass is 16.3.